The third-order valence-corrected chi connectivity index (χ3v) is 7.37. The van der Waals surface area contributed by atoms with E-state index in [-0.39, 0.29) is 5.41 Å². The molecule has 1 atom stereocenters. The molecule has 3 heterocycles. The van der Waals surface area contributed by atoms with Crippen LogP contribution < -0.4 is 9.47 Å². The van der Waals surface area contributed by atoms with Crippen LogP contribution in [-0.2, 0) is 16.8 Å². The first-order valence-electron chi connectivity index (χ1n) is 14.3. The Morgan fingerprint density at radius 3 is 2.19 bits per heavy atom. The minimum Gasteiger partial charge on any atom is -0.496 e. The molecule has 0 fully saturated rings. The van der Waals surface area contributed by atoms with Gasteiger partial charge in [0.15, 0.2) is 0 Å². The van der Waals surface area contributed by atoms with E-state index in [9.17, 15) is 0 Å². The van der Waals surface area contributed by atoms with Crippen LogP contribution in [0.5, 0.6) is 11.6 Å². The molecule has 0 saturated heterocycles. The molecule has 0 radical (unpaired) electrons. The quantitative estimate of drug-likeness (QED) is 0.168. The molecule has 218 valence electrons. The molecule has 0 aliphatic rings. The van der Waals surface area contributed by atoms with E-state index < -0.39 is 6.10 Å². The second-order valence-electron chi connectivity index (χ2n) is 11.2. The first-order valence-corrected chi connectivity index (χ1v) is 14.3. The van der Waals surface area contributed by atoms with E-state index in [1.54, 1.807) is 32.8 Å². The zero-order valence-electron chi connectivity index (χ0n) is 25.4. The minimum atomic E-state index is -0.515. The predicted octanol–water partition coefficient (Wildman–Crippen LogP) is 8.47. The molecule has 6 nitrogen and oxygen atoms in total. The third-order valence-electron chi connectivity index (χ3n) is 7.37. The van der Waals surface area contributed by atoms with Gasteiger partial charge in [0.1, 0.15) is 11.9 Å². The van der Waals surface area contributed by atoms with Crippen LogP contribution in [0, 0.1) is 0 Å². The lowest BCUT2D eigenvalue weighted by Crippen LogP contribution is -2.15. The zero-order chi connectivity index (χ0) is 30.4. The molecule has 1 unspecified atom stereocenters. The van der Waals surface area contributed by atoms with E-state index in [0.717, 1.165) is 56.1 Å². The zero-order valence-corrected chi connectivity index (χ0v) is 25.4. The summed E-state index contributed by atoms with van der Waals surface area (Å²) in [5.41, 5.74) is 8.07. The van der Waals surface area contributed by atoms with E-state index in [1.807, 2.05) is 60.7 Å². The lowest BCUT2D eigenvalue weighted by molar-refractivity contribution is 0.0620. The fourth-order valence-electron chi connectivity index (χ4n) is 5.31. The molecule has 0 amide bonds. The lowest BCUT2D eigenvalue weighted by atomic mass is 9.81. The van der Waals surface area contributed by atoms with Crippen molar-refractivity contribution in [1.29, 1.82) is 0 Å². The highest BCUT2D eigenvalue weighted by atomic mass is 16.5. The predicted molar refractivity (Wildman–Crippen MR) is 172 cm³/mol. The van der Waals surface area contributed by atoms with Crippen LogP contribution in [-0.4, -0.2) is 29.2 Å². The first kappa shape index (κ1) is 29.7. The van der Waals surface area contributed by atoms with E-state index in [0.29, 0.717) is 12.5 Å². The number of ether oxygens (including phenoxy) is 3. The number of rotatable bonds is 10. The third kappa shape index (κ3) is 6.35. The molecule has 0 aliphatic carbocycles. The summed E-state index contributed by atoms with van der Waals surface area (Å²) in [7, 11) is 3.37. The fourth-order valence-corrected chi connectivity index (χ4v) is 5.31. The van der Waals surface area contributed by atoms with Crippen molar-refractivity contribution in [2.24, 2.45) is 0 Å². The molecule has 3 aromatic heterocycles. The van der Waals surface area contributed by atoms with Crippen LogP contribution in [0.4, 0.5) is 0 Å². The van der Waals surface area contributed by atoms with Gasteiger partial charge in [0.05, 0.1) is 37.8 Å². The molecular formula is C37H37N3O3. The monoisotopic (exact) mass is 571 g/mol. The van der Waals surface area contributed by atoms with Crippen molar-refractivity contribution in [3.8, 4) is 33.9 Å². The van der Waals surface area contributed by atoms with Crippen LogP contribution in [0.1, 0.15) is 55.0 Å². The van der Waals surface area contributed by atoms with Crippen molar-refractivity contribution >= 4 is 6.08 Å². The minimum absolute atomic E-state index is 0.231. The van der Waals surface area contributed by atoms with Gasteiger partial charge >= 0.3 is 0 Å². The number of pyridine rings is 3. The van der Waals surface area contributed by atoms with E-state index in [4.69, 9.17) is 19.2 Å². The van der Waals surface area contributed by atoms with E-state index >= 15 is 0 Å². The molecular weight excluding hydrogens is 534 g/mol. The Bertz CT molecular complexity index is 1700. The summed E-state index contributed by atoms with van der Waals surface area (Å²) in [5, 5.41) is 0. The van der Waals surface area contributed by atoms with E-state index in [1.165, 1.54) is 0 Å². The summed E-state index contributed by atoms with van der Waals surface area (Å²) < 4.78 is 18.6. The SMILES string of the molecule is C=Cc1ccccc1-c1cc(-c2c(C(OCc3ccccn3)c3ccccn3)ccnc2OC)cc(C(C)(C)C)c1OC. The Kier molecular flexibility index (Phi) is 8.98. The summed E-state index contributed by atoms with van der Waals surface area (Å²) in [5.74, 6) is 1.32. The van der Waals surface area contributed by atoms with Gasteiger partial charge in [0.2, 0.25) is 5.88 Å². The largest absolute Gasteiger partial charge is 0.496 e. The second-order valence-corrected chi connectivity index (χ2v) is 11.2. The van der Waals surface area contributed by atoms with Gasteiger partial charge in [0.25, 0.3) is 0 Å². The average molecular weight is 572 g/mol. The highest BCUT2D eigenvalue weighted by Crippen LogP contribution is 2.47. The number of hydrogen-bond donors (Lipinski definition) is 0. The van der Waals surface area contributed by atoms with Crippen molar-refractivity contribution in [3.05, 3.63) is 132 Å². The van der Waals surface area contributed by atoms with Crippen LogP contribution in [0.25, 0.3) is 28.3 Å². The maximum atomic E-state index is 6.61. The summed E-state index contributed by atoms with van der Waals surface area (Å²) in [6.45, 7) is 10.9. The molecule has 2 aromatic carbocycles. The van der Waals surface area contributed by atoms with E-state index in [2.05, 4.69) is 61.6 Å². The van der Waals surface area contributed by atoms with Crippen LogP contribution in [0.15, 0.2) is 104 Å². The van der Waals surface area contributed by atoms with Gasteiger partial charge < -0.3 is 14.2 Å². The molecule has 0 spiro atoms. The van der Waals surface area contributed by atoms with Crippen molar-refractivity contribution in [1.82, 2.24) is 15.0 Å². The molecule has 5 rings (SSSR count). The Morgan fingerprint density at radius 1 is 0.791 bits per heavy atom. The van der Waals surface area contributed by atoms with Crippen molar-refractivity contribution in [3.63, 3.8) is 0 Å². The Labute approximate surface area is 254 Å². The average Bonchev–Trinajstić information content (AvgIpc) is 3.04. The summed E-state index contributed by atoms with van der Waals surface area (Å²) in [6, 6.07) is 26.1. The molecule has 0 saturated carbocycles. The first-order chi connectivity index (χ1) is 20.9. The maximum Gasteiger partial charge on any atom is 0.221 e. The molecule has 5 aromatic rings. The fraction of sp³-hybridized carbons (Fsp3) is 0.216. The molecule has 43 heavy (non-hydrogen) atoms. The van der Waals surface area contributed by atoms with Crippen molar-refractivity contribution in [2.45, 2.75) is 38.9 Å². The number of methoxy groups -OCH3 is 2. The Hall–Kier alpha value is -4.81. The summed E-state index contributed by atoms with van der Waals surface area (Å²) in [4.78, 5) is 13.8. The second kappa shape index (κ2) is 13.0. The van der Waals surface area contributed by atoms with Gasteiger partial charge in [0, 0.05) is 35.3 Å². The topological polar surface area (TPSA) is 66.4 Å². The number of hydrogen-bond acceptors (Lipinski definition) is 6. The highest BCUT2D eigenvalue weighted by molar-refractivity contribution is 5.86. The molecule has 0 N–H and O–H groups in total. The maximum absolute atomic E-state index is 6.61. The van der Waals surface area contributed by atoms with Crippen LogP contribution in [0.2, 0.25) is 0 Å². The van der Waals surface area contributed by atoms with Gasteiger partial charge in [-0.25, -0.2) is 4.98 Å². The molecule has 6 heteroatoms. The lowest BCUT2D eigenvalue weighted by Gasteiger charge is -2.27. The Balaban J connectivity index is 1.78. The summed E-state index contributed by atoms with van der Waals surface area (Å²) >= 11 is 0. The number of benzene rings is 2. The normalized spacial score (nSPS) is 12.0. The smallest absolute Gasteiger partial charge is 0.221 e. The number of nitrogens with zero attached hydrogens (tertiary/aromatic N) is 3. The van der Waals surface area contributed by atoms with Crippen LogP contribution >= 0.6 is 0 Å². The highest BCUT2D eigenvalue weighted by Gasteiger charge is 2.28. The van der Waals surface area contributed by atoms with Gasteiger partial charge in [-0.3, -0.25) is 9.97 Å². The van der Waals surface area contributed by atoms with Gasteiger partial charge in [-0.15, -0.1) is 0 Å². The molecule has 0 aliphatic heterocycles. The van der Waals surface area contributed by atoms with Crippen LogP contribution in [0.3, 0.4) is 0 Å². The van der Waals surface area contributed by atoms with Crippen molar-refractivity contribution in [2.75, 3.05) is 14.2 Å². The van der Waals surface area contributed by atoms with Crippen molar-refractivity contribution < 1.29 is 14.2 Å². The van der Waals surface area contributed by atoms with Gasteiger partial charge in [-0.05, 0) is 64.6 Å². The van der Waals surface area contributed by atoms with Gasteiger partial charge in [-0.1, -0.05) is 69.8 Å². The molecule has 0 bridgehead atoms. The van der Waals surface area contributed by atoms with Gasteiger partial charge in [-0.2, -0.15) is 0 Å². The summed E-state index contributed by atoms with van der Waals surface area (Å²) in [6.07, 6.45) is 6.65. The standard InChI is InChI=1S/C37H37N3O3/c1-7-25-14-8-9-16-28(25)30-22-26(23-31(34(30)41-5)37(2,3)4)33-29(18-21-40-36(33)42-6)35(32-17-11-13-20-39-32)43-24-27-15-10-12-19-38-27/h7-23,35H,1,24H2,2-6H3. The number of aromatic nitrogens is 3. The Morgan fingerprint density at radius 2 is 1.53 bits per heavy atom.